The van der Waals surface area contributed by atoms with Crippen LogP contribution in [0.4, 0.5) is 0 Å². The SMILES string of the molecule is c1cnc2nc(C3CCCS3)[nH]c2c1. The fourth-order valence-corrected chi connectivity index (χ4v) is 3.03. The number of pyridine rings is 1. The van der Waals surface area contributed by atoms with Crippen molar-refractivity contribution < 1.29 is 0 Å². The number of hydrogen-bond donors (Lipinski definition) is 1. The lowest BCUT2D eigenvalue weighted by Crippen LogP contribution is -1.90. The van der Waals surface area contributed by atoms with E-state index in [9.17, 15) is 0 Å². The molecule has 1 fully saturated rings. The van der Waals surface area contributed by atoms with Crippen molar-refractivity contribution in [1.29, 1.82) is 0 Å². The van der Waals surface area contributed by atoms with Crippen molar-refractivity contribution in [2.45, 2.75) is 18.1 Å². The van der Waals surface area contributed by atoms with Crippen LogP contribution in [0.5, 0.6) is 0 Å². The molecule has 3 heterocycles. The standard InChI is InChI=1S/C10H11N3S/c1-3-7-9(11-5-1)13-10(12-7)8-4-2-6-14-8/h1,3,5,8H,2,4,6H2,(H,11,12,13). The molecule has 14 heavy (non-hydrogen) atoms. The van der Waals surface area contributed by atoms with Gasteiger partial charge in [-0.25, -0.2) is 9.97 Å². The van der Waals surface area contributed by atoms with Crippen molar-refractivity contribution in [3.63, 3.8) is 0 Å². The Morgan fingerprint density at radius 1 is 1.50 bits per heavy atom. The summed E-state index contributed by atoms with van der Waals surface area (Å²) in [5, 5.41) is 0.559. The molecule has 2 aromatic rings. The van der Waals surface area contributed by atoms with Gasteiger partial charge in [-0.3, -0.25) is 0 Å². The minimum absolute atomic E-state index is 0.559. The molecule has 72 valence electrons. The predicted molar refractivity (Wildman–Crippen MR) is 58.3 cm³/mol. The van der Waals surface area contributed by atoms with E-state index in [1.807, 2.05) is 23.9 Å². The number of hydrogen-bond acceptors (Lipinski definition) is 3. The Kier molecular flexibility index (Phi) is 1.94. The molecule has 1 aliphatic rings. The van der Waals surface area contributed by atoms with Crippen LogP contribution in [-0.2, 0) is 0 Å². The summed E-state index contributed by atoms with van der Waals surface area (Å²) in [6.45, 7) is 0. The predicted octanol–water partition coefficient (Wildman–Crippen LogP) is 2.53. The number of H-pyrrole nitrogens is 1. The van der Waals surface area contributed by atoms with Gasteiger partial charge < -0.3 is 4.98 Å². The van der Waals surface area contributed by atoms with Gasteiger partial charge in [-0.15, -0.1) is 0 Å². The highest BCUT2D eigenvalue weighted by atomic mass is 32.2. The maximum Gasteiger partial charge on any atom is 0.177 e. The second kappa shape index (κ2) is 3.28. The summed E-state index contributed by atoms with van der Waals surface area (Å²) in [5.41, 5.74) is 1.89. The lowest BCUT2D eigenvalue weighted by atomic mass is 10.2. The Morgan fingerprint density at radius 2 is 2.50 bits per heavy atom. The lowest BCUT2D eigenvalue weighted by Gasteiger charge is -2.01. The summed E-state index contributed by atoms with van der Waals surface area (Å²) in [5.74, 6) is 2.36. The first-order valence-corrected chi connectivity index (χ1v) is 5.90. The molecule has 0 saturated carbocycles. The second-order valence-corrected chi connectivity index (χ2v) is 4.81. The Labute approximate surface area is 86.3 Å². The molecule has 0 amide bonds. The molecule has 0 bridgehead atoms. The summed E-state index contributed by atoms with van der Waals surface area (Å²) in [6.07, 6.45) is 4.33. The first-order chi connectivity index (χ1) is 6.93. The number of fused-ring (bicyclic) bond motifs is 1. The van der Waals surface area contributed by atoms with Crippen LogP contribution >= 0.6 is 11.8 Å². The van der Waals surface area contributed by atoms with Crippen molar-refractivity contribution in [2.24, 2.45) is 0 Å². The summed E-state index contributed by atoms with van der Waals surface area (Å²) >= 11 is 1.99. The van der Waals surface area contributed by atoms with Gasteiger partial charge in [-0.05, 0) is 30.7 Å². The van der Waals surface area contributed by atoms with Gasteiger partial charge in [0.1, 0.15) is 5.82 Å². The zero-order valence-corrected chi connectivity index (χ0v) is 8.55. The average Bonchev–Trinajstić information content (AvgIpc) is 2.86. The molecular weight excluding hydrogens is 194 g/mol. The van der Waals surface area contributed by atoms with Crippen LogP contribution in [0.15, 0.2) is 18.3 Å². The summed E-state index contributed by atoms with van der Waals surface area (Å²) in [6, 6.07) is 3.96. The number of thioether (sulfide) groups is 1. The normalized spacial score (nSPS) is 21.9. The number of aromatic amines is 1. The smallest absolute Gasteiger partial charge is 0.177 e. The maximum absolute atomic E-state index is 4.51. The van der Waals surface area contributed by atoms with Crippen LogP contribution in [0.1, 0.15) is 23.9 Å². The van der Waals surface area contributed by atoms with Crippen molar-refractivity contribution in [3.05, 3.63) is 24.2 Å². The fraction of sp³-hybridized carbons (Fsp3) is 0.400. The quantitative estimate of drug-likeness (QED) is 0.777. The molecule has 1 unspecified atom stereocenters. The Balaban J connectivity index is 2.05. The third-order valence-electron chi connectivity index (χ3n) is 2.51. The Morgan fingerprint density at radius 3 is 3.29 bits per heavy atom. The Bertz CT molecular complexity index is 412. The van der Waals surface area contributed by atoms with Crippen LogP contribution < -0.4 is 0 Å². The van der Waals surface area contributed by atoms with Crippen LogP contribution in [0, 0.1) is 0 Å². The van der Waals surface area contributed by atoms with E-state index >= 15 is 0 Å². The van der Waals surface area contributed by atoms with Crippen LogP contribution in [-0.4, -0.2) is 20.7 Å². The maximum atomic E-state index is 4.51. The molecular formula is C10H11N3S. The van der Waals surface area contributed by atoms with Crippen molar-refractivity contribution >= 4 is 22.9 Å². The van der Waals surface area contributed by atoms with E-state index < -0.39 is 0 Å². The molecule has 0 spiro atoms. The molecule has 0 aliphatic carbocycles. The van der Waals surface area contributed by atoms with Gasteiger partial charge in [0.05, 0.1) is 10.8 Å². The van der Waals surface area contributed by atoms with Crippen molar-refractivity contribution in [2.75, 3.05) is 5.75 Å². The van der Waals surface area contributed by atoms with Gasteiger partial charge in [0.15, 0.2) is 5.65 Å². The number of nitrogens with zero attached hydrogens (tertiary/aromatic N) is 2. The van der Waals surface area contributed by atoms with E-state index in [4.69, 9.17) is 0 Å². The van der Waals surface area contributed by atoms with Crippen molar-refractivity contribution in [1.82, 2.24) is 15.0 Å². The molecule has 4 heteroatoms. The van der Waals surface area contributed by atoms with Crippen molar-refractivity contribution in [3.8, 4) is 0 Å². The minimum atomic E-state index is 0.559. The first-order valence-electron chi connectivity index (χ1n) is 4.86. The van der Waals surface area contributed by atoms with Crippen LogP contribution in [0.3, 0.4) is 0 Å². The van der Waals surface area contributed by atoms with Crippen LogP contribution in [0.2, 0.25) is 0 Å². The lowest BCUT2D eigenvalue weighted by molar-refractivity contribution is 0.792. The summed E-state index contributed by atoms with van der Waals surface area (Å²) in [7, 11) is 0. The van der Waals surface area contributed by atoms with Gasteiger partial charge in [-0.2, -0.15) is 11.8 Å². The van der Waals surface area contributed by atoms with E-state index in [1.54, 1.807) is 6.20 Å². The van der Waals surface area contributed by atoms with E-state index in [2.05, 4.69) is 15.0 Å². The average molecular weight is 205 g/mol. The van der Waals surface area contributed by atoms with E-state index in [0.717, 1.165) is 17.0 Å². The minimum Gasteiger partial charge on any atom is -0.340 e. The molecule has 1 atom stereocenters. The number of rotatable bonds is 1. The zero-order valence-electron chi connectivity index (χ0n) is 7.73. The highest BCUT2D eigenvalue weighted by molar-refractivity contribution is 7.99. The van der Waals surface area contributed by atoms with Gasteiger partial charge >= 0.3 is 0 Å². The van der Waals surface area contributed by atoms with E-state index in [0.29, 0.717) is 5.25 Å². The number of imidazole rings is 1. The molecule has 1 aliphatic heterocycles. The van der Waals surface area contributed by atoms with Crippen LogP contribution in [0.25, 0.3) is 11.2 Å². The third-order valence-corrected chi connectivity index (χ3v) is 3.90. The number of aromatic nitrogens is 3. The molecule has 3 nitrogen and oxygen atoms in total. The second-order valence-electron chi connectivity index (χ2n) is 3.50. The monoisotopic (exact) mass is 205 g/mol. The highest BCUT2D eigenvalue weighted by Gasteiger charge is 2.20. The van der Waals surface area contributed by atoms with Gasteiger partial charge in [0, 0.05) is 6.20 Å². The van der Waals surface area contributed by atoms with Gasteiger partial charge in [0.25, 0.3) is 0 Å². The molecule has 1 saturated heterocycles. The Hall–Kier alpha value is -1.03. The summed E-state index contributed by atoms with van der Waals surface area (Å²) < 4.78 is 0. The highest BCUT2D eigenvalue weighted by Crippen LogP contribution is 2.38. The van der Waals surface area contributed by atoms with Gasteiger partial charge in [-0.1, -0.05) is 0 Å². The largest absolute Gasteiger partial charge is 0.340 e. The third kappa shape index (κ3) is 1.30. The molecule has 2 aromatic heterocycles. The molecule has 0 aromatic carbocycles. The first kappa shape index (κ1) is 8.29. The molecule has 0 radical (unpaired) electrons. The number of nitrogens with one attached hydrogen (secondary N) is 1. The summed E-state index contributed by atoms with van der Waals surface area (Å²) in [4.78, 5) is 12.1. The van der Waals surface area contributed by atoms with Gasteiger partial charge in [0.2, 0.25) is 0 Å². The molecule has 1 N–H and O–H groups in total. The fourth-order valence-electron chi connectivity index (χ4n) is 1.81. The topological polar surface area (TPSA) is 41.6 Å². The zero-order chi connectivity index (χ0) is 9.38. The molecule has 3 rings (SSSR count). The van der Waals surface area contributed by atoms with E-state index in [-0.39, 0.29) is 0 Å². The van der Waals surface area contributed by atoms with E-state index in [1.165, 1.54) is 18.6 Å².